The number of nitrogens with two attached hydrogens (primary N) is 1. The third-order valence-electron chi connectivity index (χ3n) is 2.73. The Kier molecular flexibility index (Phi) is 4.17. The second kappa shape index (κ2) is 6.25. The van der Waals surface area contributed by atoms with Crippen LogP contribution in [-0.4, -0.2) is 20.2 Å². The van der Waals surface area contributed by atoms with Gasteiger partial charge in [-0.25, -0.2) is 9.97 Å². The van der Waals surface area contributed by atoms with E-state index in [1.165, 1.54) is 11.8 Å². The van der Waals surface area contributed by atoms with Gasteiger partial charge in [0.05, 0.1) is 5.69 Å². The van der Waals surface area contributed by atoms with E-state index in [2.05, 4.69) is 25.5 Å². The molecule has 0 spiro atoms. The van der Waals surface area contributed by atoms with Gasteiger partial charge in [0, 0.05) is 22.7 Å². The van der Waals surface area contributed by atoms with Crippen LogP contribution < -0.4 is 11.1 Å². The molecule has 2 aromatic heterocycles. The van der Waals surface area contributed by atoms with Gasteiger partial charge in [0.1, 0.15) is 16.8 Å². The van der Waals surface area contributed by atoms with Crippen LogP contribution in [0.1, 0.15) is 5.69 Å². The molecule has 0 saturated carbocycles. The van der Waals surface area contributed by atoms with Crippen molar-refractivity contribution < 1.29 is 0 Å². The SMILES string of the molecule is Cc1cc(Nc2cc(Cl)nc(Sc3ccc(N)cc3)n2)[nH]n1. The van der Waals surface area contributed by atoms with E-state index in [4.69, 9.17) is 17.3 Å². The summed E-state index contributed by atoms with van der Waals surface area (Å²) >= 11 is 7.47. The molecule has 2 heterocycles. The molecular weight excluding hydrogens is 320 g/mol. The van der Waals surface area contributed by atoms with Crippen LogP contribution in [0.15, 0.2) is 46.5 Å². The Morgan fingerprint density at radius 3 is 2.64 bits per heavy atom. The second-order valence-electron chi connectivity index (χ2n) is 4.58. The summed E-state index contributed by atoms with van der Waals surface area (Å²) in [7, 11) is 0. The smallest absolute Gasteiger partial charge is 0.195 e. The molecule has 1 aromatic carbocycles. The van der Waals surface area contributed by atoms with Crippen LogP contribution >= 0.6 is 23.4 Å². The van der Waals surface area contributed by atoms with Crippen LogP contribution in [0.4, 0.5) is 17.3 Å². The molecule has 6 nitrogen and oxygen atoms in total. The van der Waals surface area contributed by atoms with Gasteiger partial charge in [0.2, 0.25) is 0 Å². The highest BCUT2D eigenvalue weighted by atomic mass is 35.5. The molecule has 0 saturated heterocycles. The fraction of sp³-hybridized carbons (Fsp3) is 0.0714. The van der Waals surface area contributed by atoms with Crippen molar-refractivity contribution in [1.29, 1.82) is 0 Å². The van der Waals surface area contributed by atoms with Gasteiger partial charge in [-0.2, -0.15) is 5.10 Å². The van der Waals surface area contributed by atoms with E-state index in [9.17, 15) is 0 Å². The summed E-state index contributed by atoms with van der Waals surface area (Å²) in [6.07, 6.45) is 0. The molecule has 0 amide bonds. The third kappa shape index (κ3) is 3.69. The number of hydrogen-bond donors (Lipinski definition) is 3. The molecule has 4 N–H and O–H groups in total. The van der Waals surface area contributed by atoms with Crippen molar-refractivity contribution in [3.8, 4) is 0 Å². The molecule has 0 bridgehead atoms. The van der Waals surface area contributed by atoms with Crippen LogP contribution in [0.5, 0.6) is 0 Å². The molecule has 0 unspecified atom stereocenters. The fourth-order valence-corrected chi connectivity index (χ4v) is 2.78. The number of hydrogen-bond acceptors (Lipinski definition) is 6. The molecule has 3 aromatic rings. The normalized spacial score (nSPS) is 10.6. The molecule has 112 valence electrons. The Labute approximate surface area is 136 Å². The number of H-pyrrole nitrogens is 1. The quantitative estimate of drug-likeness (QED) is 0.384. The van der Waals surface area contributed by atoms with Gasteiger partial charge in [-0.3, -0.25) is 5.10 Å². The topological polar surface area (TPSA) is 92.5 Å². The molecule has 0 fully saturated rings. The van der Waals surface area contributed by atoms with Crippen LogP contribution in [0.25, 0.3) is 0 Å². The van der Waals surface area contributed by atoms with Crippen LogP contribution in [0, 0.1) is 6.92 Å². The maximum absolute atomic E-state index is 6.06. The maximum atomic E-state index is 6.06. The first-order chi connectivity index (χ1) is 10.6. The monoisotopic (exact) mass is 332 g/mol. The standard InChI is InChI=1S/C14H13ClN6S/c1-8-6-13(21-20-8)18-12-7-11(15)17-14(19-12)22-10-4-2-9(16)3-5-10/h2-7H,16H2,1H3,(H2,17,18,19,20,21). The Bertz CT molecular complexity index is 786. The average Bonchev–Trinajstić information content (AvgIpc) is 2.86. The number of nitrogen functional groups attached to an aromatic ring is 1. The summed E-state index contributed by atoms with van der Waals surface area (Å²) in [6, 6.07) is 11.0. The summed E-state index contributed by atoms with van der Waals surface area (Å²) in [5.74, 6) is 1.34. The molecular formula is C14H13ClN6S. The molecule has 0 radical (unpaired) electrons. The van der Waals surface area contributed by atoms with E-state index in [-0.39, 0.29) is 0 Å². The highest BCUT2D eigenvalue weighted by molar-refractivity contribution is 7.99. The Morgan fingerprint density at radius 1 is 1.18 bits per heavy atom. The summed E-state index contributed by atoms with van der Waals surface area (Å²) in [6.45, 7) is 1.90. The van der Waals surface area contributed by atoms with Crippen molar-refractivity contribution in [2.24, 2.45) is 0 Å². The van der Waals surface area contributed by atoms with Crippen molar-refractivity contribution in [1.82, 2.24) is 20.2 Å². The number of benzene rings is 1. The lowest BCUT2D eigenvalue weighted by Gasteiger charge is -2.06. The molecule has 0 aliphatic rings. The highest BCUT2D eigenvalue weighted by Crippen LogP contribution is 2.28. The maximum Gasteiger partial charge on any atom is 0.195 e. The molecule has 0 aliphatic heterocycles. The fourth-order valence-electron chi connectivity index (χ4n) is 1.77. The van der Waals surface area contributed by atoms with Crippen LogP contribution in [0.3, 0.4) is 0 Å². The van der Waals surface area contributed by atoms with Crippen LogP contribution in [0.2, 0.25) is 5.15 Å². The Morgan fingerprint density at radius 2 is 1.95 bits per heavy atom. The molecule has 0 atom stereocenters. The van der Waals surface area contributed by atoms with Gasteiger partial charge in [-0.1, -0.05) is 11.6 Å². The van der Waals surface area contributed by atoms with Gasteiger partial charge in [-0.05, 0) is 43.0 Å². The minimum absolute atomic E-state index is 0.367. The van der Waals surface area contributed by atoms with Gasteiger partial charge in [-0.15, -0.1) is 0 Å². The number of nitrogens with one attached hydrogen (secondary N) is 2. The van der Waals surface area contributed by atoms with E-state index in [0.29, 0.717) is 21.8 Å². The Balaban J connectivity index is 1.81. The van der Waals surface area contributed by atoms with Gasteiger partial charge in [0.15, 0.2) is 5.16 Å². The average molecular weight is 333 g/mol. The number of anilines is 3. The van der Waals surface area contributed by atoms with E-state index in [1.54, 1.807) is 6.07 Å². The van der Waals surface area contributed by atoms with Crippen molar-refractivity contribution >= 4 is 40.7 Å². The van der Waals surface area contributed by atoms with Crippen molar-refractivity contribution in [3.63, 3.8) is 0 Å². The van der Waals surface area contributed by atoms with Gasteiger partial charge < -0.3 is 11.1 Å². The number of halogens is 1. The lowest BCUT2D eigenvalue weighted by Crippen LogP contribution is -1.97. The van der Waals surface area contributed by atoms with E-state index in [0.717, 1.165) is 16.4 Å². The minimum Gasteiger partial charge on any atom is -0.399 e. The van der Waals surface area contributed by atoms with Crippen molar-refractivity contribution in [3.05, 3.63) is 47.2 Å². The predicted octanol–water partition coefficient (Wildman–Crippen LogP) is 3.64. The van der Waals surface area contributed by atoms with Gasteiger partial charge >= 0.3 is 0 Å². The molecule has 8 heteroatoms. The Hall–Kier alpha value is -2.25. The zero-order valence-electron chi connectivity index (χ0n) is 11.7. The number of aromatic nitrogens is 4. The zero-order chi connectivity index (χ0) is 15.5. The largest absolute Gasteiger partial charge is 0.399 e. The summed E-state index contributed by atoms with van der Waals surface area (Å²) in [5, 5.41) is 10.9. The van der Waals surface area contributed by atoms with Gasteiger partial charge in [0.25, 0.3) is 0 Å². The summed E-state index contributed by atoms with van der Waals surface area (Å²) in [4.78, 5) is 9.64. The van der Waals surface area contributed by atoms with E-state index >= 15 is 0 Å². The first kappa shape index (κ1) is 14.7. The highest BCUT2D eigenvalue weighted by Gasteiger charge is 2.07. The lowest BCUT2D eigenvalue weighted by atomic mass is 10.3. The molecule has 3 rings (SSSR count). The number of aromatic amines is 1. The lowest BCUT2D eigenvalue weighted by molar-refractivity contribution is 0.968. The number of rotatable bonds is 4. The summed E-state index contributed by atoms with van der Waals surface area (Å²) < 4.78 is 0. The van der Waals surface area contributed by atoms with Crippen molar-refractivity contribution in [2.45, 2.75) is 17.0 Å². The zero-order valence-corrected chi connectivity index (χ0v) is 13.2. The number of aryl methyl sites for hydroxylation is 1. The third-order valence-corrected chi connectivity index (χ3v) is 3.80. The summed E-state index contributed by atoms with van der Waals surface area (Å²) in [5.41, 5.74) is 7.28. The predicted molar refractivity (Wildman–Crippen MR) is 88.6 cm³/mol. The van der Waals surface area contributed by atoms with E-state index < -0.39 is 0 Å². The van der Waals surface area contributed by atoms with Crippen molar-refractivity contribution in [2.75, 3.05) is 11.1 Å². The van der Waals surface area contributed by atoms with Crippen LogP contribution in [-0.2, 0) is 0 Å². The molecule has 22 heavy (non-hydrogen) atoms. The molecule has 0 aliphatic carbocycles. The first-order valence-corrected chi connectivity index (χ1v) is 7.65. The first-order valence-electron chi connectivity index (χ1n) is 6.45. The number of nitrogens with zero attached hydrogens (tertiary/aromatic N) is 3. The minimum atomic E-state index is 0.367. The van der Waals surface area contributed by atoms with E-state index in [1.807, 2.05) is 37.3 Å². The second-order valence-corrected chi connectivity index (χ2v) is 6.01.